The third-order valence-electron chi connectivity index (χ3n) is 4.87. The molecule has 0 aliphatic carbocycles. The van der Waals surface area contributed by atoms with Crippen LogP contribution >= 0.6 is 0 Å². The summed E-state index contributed by atoms with van der Waals surface area (Å²) in [5, 5.41) is 17.0. The number of aliphatic hydroxyl groups excluding tert-OH is 1. The summed E-state index contributed by atoms with van der Waals surface area (Å²) >= 11 is 0. The zero-order valence-corrected chi connectivity index (χ0v) is 13.7. The van der Waals surface area contributed by atoms with Crippen LogP contribution in [0.15, 0.2) is 59.8 Å². The summed E-state index contributed by atoms with van der Waals surface area (Å²) in [6.07, 6.45) is -0.527. The standard InChI is InChI=1S/C20H19NO4/c22-11-20(10-21-23)12-24-19(25-13-20)18-9-14-5-1-2-6-15(14)16-7-3-4-8-17(16)18/h1-9,19,22H,10-13H2. The van der Waals surface area contributed by atoms with E-state index < -0.39 is 11.7 Å². The third-order valence-corrected chi connectivity index (χ3v) is 4.87. The molecule has 0 atom stereocenters. The molecule has 0 radical (unpaired) electrons. The van der Waals surface area contributed by atoms with Crippen LogP contribution in [-0.2, 0) is 9.47 Å². The van der Waals surface area contributed by atoms with E-state index in [1.165, 1.54) is 5.39 Å². The van der Waals surface area contributed by atoms with Gasteiger partial charge in [-0.2, -0.15) is 4.91 Å². The van der Waals surface area contributed by atoms with Crippen molar-refractivity contribution in [3.05, 3.63) is 65.1 Å². The Kier molecular flexibility index (Phi) is 4.21. The van der Waals surface area contributed by atoms with Crippen molar-refractivity contribution in [2.45, 2.75) is 6.29 Å². The van der Waals surface area contributed by atoms with Gasteiger partial charge in [0, 0.05) is 5.56 Å². The molecule has 0 unspecified atom stereocenters. The largest absolute Gasteiger partial charge is 0.396 e. The molecule has 1 saturated heterocycles. The van der Waals surface area contributed by atoms with E-state index in [4.69, 9.17) is 9.47 Å². The van der Waals surface area contributed by atoms with Crippen LogP contribution in [0.5, 0.6) is 0 Å². The van der Waals surface area contributed by atoms with E-state index in [0.717, 1.165) is 21.7 Å². The van der Waals surface area contributed by atoms with E-state index in [2.05, 4.69) is 35.5 Å². The second-order valence-electron chi connectivity index (χ2n) is 6.63. The Balaban J connectivity index is 1.75. The lowest BCUT2D eigenvalue weighted by Crippen LogP contribution is -2.44. The van der Waals surface area contributed by atoms with E-state index in [9.17, 15) is 10.0 Å². The van der Waals surface area contributed by atoms with Crippen molar-refractivity contribution < 1.29 is 14.6 Å². The van der Waals surface area contributed by atoms with Crippen LogP contribution in [-0.4, -0.2) is 31.5 Å². The molecule has 1 aliphatic heterocycles. The zero-order chi connectivity index (χ0) is 17.3. The summed E-state index contributed by atoms with van der Waals surface area (Å²) in [6, 6.07) is 18.5. The van der Waals surface area contributed by atoms with Crippen LogP contribution < -0.4 is 0 Å². The quantitative estimate of drug-likeness (QED) is 0.581. The maximum absolute atomic E-state index is 10.6. The van der Waals surface area contributed by atoms with Gasteiger partial charge in [-0.25, -0.2) is 0 Å². The van der Waals surface area contributed by atoms with Gasteiger partial charge < -0.3 is 14.6 Å². The van der Waals surface area contributed by atoms with Crippen molar-refractivity contribution in [1.82, 2.24) is 0 Å². The van der Waals surface area contributed by atoms with Crippen molar-refractivity contribution in [3.63, 3.8) is 0 Å². The highest BCUT2D eigenvalue weighted by Crippen LogP contribution is 2.37. The van der Waals surface area contributed by atoms with Crippen molar-refractivity contribution in [3.8, 4) is 0 Å². The first-order valence-corrected chi connectivity index (χ1v) is 8.30. The molecule has 1 N–H and O–H groups in total. The highest BCUT2D eigenvalue weighted by molar-refractivity contribution is 6.09. The fourth-order valence-electron chi connectivity index (χ4n) is 3.42. The molecule has 1 heterocycles. The number of fused-ring (bicyclic) bond motifs is 3. The Hall–Kier alpha value is -2.34. The molecule has 5 nitrogen and oxygen atoms in total. The number of nitroso groups, excluding NO2 is 1. The van der Waals surface area contributed by atoms with Gasteiger partial charge in [-0.15, -0.1) is 0 Å². The van der Waals surface area contributed by atoms with Gasteiger partial charge in [0.25, 0.3) is 0 Å². The van der Waals surface area contributed by atoms with Crippen molar-refractivity contribution in [2.24, 2.45) is 10.6 Å². The third kappa shape index (κ3) is 2.80. The number of aliphatic hydroxyl groups is 1. The van der Waals surface area contributed by atoms with Gasteiger partial charge in [0.15, 0.2) is 6.29 Å². The second-order valence-corrected chi connectivity index (χ2v) is 6.63. The van der Waals surface area contributed by atoms with Gasteiger partial charge in [0.05, 0.1) is 31.8 Å². The summed E-state index contributed by atoms with van der Waals surface area (Å²) in [5.41, 5.74) is 0.213. The highest BCUT2D eigenvalue weighted by Gasteiger charge is 2.38. The molecule has 3 aromatic carbocycles. The zero-order valence-electron chi connectivity index (χ0n) is 13.7. The molecule has 0 spiro atoms. The van der Waals surface area contributed by atoms with E-state index >= 15 is 0 Å². The SMILES string of the molecule is O=NCC1(CO)COC(c2cc3ccccc3c3ccccc23)OC1. The molecule has 0 saturated carbocycles. The molecule has 5 heteroatoms. The van der Waals surface area contributed by atoms with Gasteiger partial charge in [0.2, 0.25) is 0 Å². The van der Waals surface area contributed by atoms with E-state index in [1.807, 2.05) is 24.3 Å². The minimum Gasteiger partial charge on any atom is -0.396 e. The first kappa shape index (κ1) is 16.1. The smallest absolute Gasteiger partial charge is 0.184 e. The minimum atomic E-state index is -0.745. The van der Waals surface area contributed by atoms with Gasteiger partial charge in [-0.3, -0.25) is 0 Å². The molecule has 0 bridgehead atoms. The lowest BCUT2D eigenvalue weighted by Gasteiger charge is -2.37. The Labute approximate surface area is 145 Å². The summed E-state index contributed by atoms with van der Waals surface area (Å²) in [4.78, 5) is 10.6. The topological polar surface area (TPSA) is 68.1 Å². The van der Waals surface area contributed by atoms with Crippen LogP contribution in [0.3, 0.4) is 0 Å². The lowest BCUT2D eigenvalue weighted by atomic mass is 9.90. The molecule has 1 aliphatic rings. The molecule has 25 heavy (non-hydrogen) atoms. The van der Waals surface area contributed by atoms with E-state index in [-0.39, 0.29) is 26.4 Å². The number of hydrogen-bond acceptors (Lipinski definition) is 5. The molecular weight excluding hydrogens is 318 g/mol. The predicted molar refractivity (Wildman–Crippen MR) is 96.3 cm³/mol. The van der Waals surface area contributed by atoms with Gasteiger partial charge >= 0.3 is 0 Å². The van der Waals surface area contributed by atoms with Crippen molar-refractivity contribution in [2.75, 3.05) is 26.4 Å². The van der Waals surface area contributed by atoms with Gasteiger partial charge in [0.1, 0.15) is 0 Å². The fourth-order valence-corrected chi connectivity index (χ4v) is 3.42. The van der Waals surface area contributed by atoms with Crippen LogP contribution in [0, 0.1) is 10.3 Å². The summed E-state index contributed by atoms with van der Waals surface area (Å²) in [5.74, 6) is 0. The average Bonchev–Trinajstić information content (AvgIpc) is 2.68. The molecule has 0 amide bonds. The Morgan fingerprint density at radius 1 is 1.00 bits per heavy atom. The molecule has 3 aromatic rings. The maximum atomic E-state index is 10.6. The Morgan fingerprint density at radius 3 is 2.32 bits per heavy atom. The molecule has 128 valence electrons. The number of rotatable bonds is 4. The number of ether oxygens (including phenoxy) is 2. The normalized spacial score (nSPS) is 23.8. The number of hydrogen-bond donors (Lipinski definition) is 1. The second kappa shape index (κ2) is 6.52. The van der Waals surface area contributed by atoms with Gasteiger partial charge in [-0.05, 0) is 27.6 Å². The predicted octanol–water partition coefficient (Wildman–Crippen LogP) is 3.78. The van der Waals surface area contributed by atoms with Gasteiger partial charge in [-0.1, -0.05) is 53.7 Å². The Morgan fingerprint density at radius 2 is 1.64 bits per heavy atom. The maximum Gasteiger partial charge on any atom is 0.184 e. The van der Waals surface area contributed by atoms with E-state index in [1.54, 1.807) is 0 Å². The lowest BCUT2D eigenvalue weighted by molar-refractivity contribution is -0.238. The first-order chi connectivity index (χ1) is 12.3. The summed E-state index contributed by atoms with van der Waals surface area (Å²) in [7, 11) is 0. The highest BCUT2D eigenvalue weighted by atomic mass is 16.7. The summed E-state index contributed by atoms with van der Waals surface area (Å²) in [6.45, 7) is 0.265. The fraction of sp³-hybridized carbons (Fsp3) is 0.300. The molecule has 0 aromatic heterocycles. The van der Waals surface area contributed by atoms with Crippen molar-refractivity contribution in [1.29, 1.82) is 0 Å². The molecule has 4 rings (SSSR count). The summed E-state index contributed by atoms with van der Waals surface area (Å²) < 4.78 is 11.8. The minimum absolute atomic E-state index is 0.0192. The number of nitrogens with zero attached hydrogens (tertiary/aromatic N) is 1. The van der Waals surface area contributed by atoms with Crippen LogP contribution in [0.4, 0.5) is 0 Å². The first-order valence-electron chi connectivity index (χ1n) is 8.30. The van der Waals surface area contributed by atoms with Crippen LogP contribution in [0.1, 0.15) is 11.9 Å². The average molecular weight is 337 g/mol. The van der Waals surface area contributed by atoms with Crippen LogP contribution in [0.25, 0.3) is 21.5 Å². The van der Waals surface area contributed by atoms with E-state index in [0.29, 0.717) is 0 Å². The molecular formula is C20H19NO4. The monoisotopic (exact) mass is 337 g/mol. The molecule has 1 fully saturated rings. The van der Waals surface area contributed by atoms with Crippen LogP contribution in [0.2, 0.25) is 0 Å². The number of benzene rings is 3. The Bertz CT molecular complexity index is 916. The van der Waals surface area contributed by atoms with Crippen molar-refractivity contribution >= 4 is 21.5 Å².